The Bertz CT molecular complexity index is 3010. The molecular weight excluding hydrogens is 947 g/mol. The molecule has 6 aromatic rings. The van der Waals surface area contributed by atoms with Crippen molar-refractivity contribution in [2.75, 3.05) is 21.7 Å². The lowest BCUT2D eigenvalue weighted by Crippen LogP contribution is -2.46. The van der Waals surface area contributed by atoms with Gasteiger partial charge in [-0.15, -0.1) is 0 Å². The van der Waals surface area contributed by atoms with Gasteiger partial charge in [0.1, 0.15) is 53.0 Å². The first kappa shape index (κ1) is 44.5. The van der Waals surface area contributed by atoms with Gasteiger partial charge < -0.3 is 32.3 Å². The quantitative estimate of drug-likeness (QED) is 0.120. The number of carbonyl (C=O) groups excluding carboxylic acids is 4. The van der Waals surface area contributed by atoms with E-state index in [-0.39, 0.29) is 62.1 Å². The molecule has 2 aliphatic carbocycles. The number of pyridine rings is 4. The number of nitrogen functional groups attached to an aromatic ring is 1. The lowest BCUT2D eigenvalue weighted by atomic mass is 10.1. The van der Waals surface area contributed by atoms with Gasteiger partial charge in [0.25, 0.3) is 22.9 Å². The molecule has 7 N–H and O–H groups in total. The van der Waals surface area contributed by atoms with Crippen LogP contribution in [0, 0.1) is 11.8 Å². The molecule has 2 fully saturated rings. The van der Waals surface area contributed by atoms with E-state index in [2.05, 4.69) is 72.4 Å². The Morgan fingerprint density at radius 1 is 0.677 bits per heavy atom. The molecule has 2 unspecified atom stereocenters. The summed E-state index contributed by atoms with van der Waals surface area (Å²) in [6, 6.07) is 16.4. The van der Waals surface area contributed by atoms with Gasteiger partial charge in [-0.3, -0.25) is 47.9 Å². The highest BCUT2D eigenvalue weighted by Crippen LogP contribution is 2.35. The normalized spacial score (nSPS) is 18.9. The number of rotatable bonds is 8. The molecule has 0 bridgehead atoms. The fourth-order valence-electron chi connectivity index (χ4n) is 7.06. The number of amides is 4. The monoisotopic (exact) mass is 982 g/mol. The minimum Gasteiger partial charge on any atom is -0.384 e. The Kier molecular flexibility index (Phi) is 12.2. The molecule has 65 heavy (non-hydrogen) atoms. The highest BCUT2D eigenvalue weighted by Gasteiger charge is 2.45. The van der Waals surface area contributed by atoms with Gasteiger partial charge in [0, 0.05) is 36.4 Å². The minimum atomic E-state index is -1.22. The topological polar surface area (TPSA) is 276 Å². The van der Waals surface area contributed by atoms with E-state index in [1.54, 1.807) is 68.7 Å². The van der Waals surface area contributed by atoms with Crippen LogP contribution in [0.15, 0.2) is 99.8 Å². The predicted octanol–water partition coefficient (Wildman–Crippen LogP) is 4.77. The average Bonchev–Trinajstić information content (AvgIpc) is 4.22. The molecule has 0 saturated heterocycles. The number of nitrogens with two attached hydrogens (primary N) is 1. The third-order valence-electron chi connectivity index (χ3n) is 10.6. The molecule has 332 valence electrons. The molecule has 0 radical (unpaired) electrons. The maximum Gasteiger partial charge on any atom is 0.277 e. The van der Waals surface area contributed by atoms with Crippen LogP contribution in [-0.4, -0.2) is 62.7 Å². The molecule has 4 aliphatic rings. The lowest BCUT2D eigenvalue weighted by Gasteiger charge is -2.26. The van der Waals surface area contributed by atoms with Crippen LogP contribution in [0.3, 0.4) is 0 Å². The molecule has 20 nitrogen and oxygen atoms in total. The largest absolute Gasteiger partial charge is 0.384 e. The fraction of sp³-hybridized carbons (Fsp3) is 0.238. The molecule has 0 spiro atoms. The summed E-state index contributed by atoms with van der Waals surface area (Å²) in [5.74, 6) is 0.715. The van der Waals surface area contributed by atoms with Crippen molar-refractivity contribution in [3.63, 3.8) is 0 Å². The average molecular weight is 985 g/mol. The number of nitrogens with one attached hydrogen (secondary N) is 5. The molecule has 2 saturated carbocycles. The first-order valence-corrected chi connectivity index (χ1v) is 21.5. The summed E-state index contributed by atoms with van der Waals surface area (Å²) in [5.41, 5.74) is 3.66. The molecule has 23 heteroatoms. The number of hydrogen-bond donors (Lipinski definition) is 6. The Morgan fingerprint density at radius 2 is 1.15 bits per heavy atom. The van der Waals surface area contributed by atoms with Gasteiger partial charge in [0.05, 0.1) is 25.9 Å². The Hall–Kier alpha value is -7.10. The van der Waals surface area contributed by atoms with Crippen LogP contribution < -0.4 is 43.4 Å². The maximum absolute atomic E-state index is 13.4. The van der Waals surface area contributed by atoms with E-state index in [1.807, 2.05) is 0 Å². The van der Waals surface area contributed by atoms with Crippen LogP contribution in [0.4, 0.5) is 29.0 Å². The number of halogens is 3. The highest BCUT2D eigenvalue weighted by atomic mass is 79.9. The van der Waals surface area contributed by atoms with Gasteiger partial charge in [-0.1, -0.05) is 35.3 Å². The van der Waals surface area contributed by atoms with Crippen molar-refractivity contribution in [2.45, 2.75) is 50.9 Å². The summed E-state index contributed by atoms with van der Waals surface area (Å²) in [6.07, 6.45) is 9.49. The number of anilines is 5. The lowest BCUT2D eigenvalue weighted by molar-refractivity contribution is -0.118. The molecule has 10 rings (SSSR count). The molecule has 2 atom stereocenters. The zero-order chi connectivity index (χ0) is 46.2. The summed E-state index contributed by atoms with van der Waals surface area (Å²) >= 11 is 15.6. The molecular formula is C42H37BrCl2N14O6. The summed E-state index contributed by atoms with van der Waals surface area (Å²) in [5, 5.41) is 14.2. The van der Waals surface area contributed by atoms with E-state index in [4.69, 9.17) is 28.9 Å². The zero-order valence-electron chi connectivity index (χ0n) is 34.3. The summed E-state index contributed by atoms with van der Waals surface area (Å²) < 4.78 is 2.92. The first-order valence-electron chi connectivity index (χ1n) is 19.9. The van der Waals surface area contributed by atoms with E-state index in [0.717, 1.165) is 25.7 Å². The standard InChI is InChI=1S/C21H18ClN7O3.C13H9BrClN3O2.C8H10N4O/c1-21(14-4-2-3-7-23-14)28-19(31)17-12(22)8-13(20(32)29(17)21)26-15-9-16(25-10-24-15)27-18(30)11-5-6-11;1-13(9-4-2-3-5-16-9)17-11(19)10-8(15)6-7(14)12(20)18(10)13;9-6-3-7(11-4-10-6)12-8(13)5-1-2-5/h2-4,7-11H,5-6H2,1H3,(H,28,31)(H2,24,25,26,27,30);2-6H,1H3,(H,17,19);3-5H,1-2H2,(H3,9,10,11,12,13). The van der Waals surface area contributed by atoms with Crippen molar-refractivity contribution in [1.82, 2.24) is 49.7 Å². The minimum absolute atomic E-state index is 0.0239. The van der Waals surface area contributed by atoms with Crippen LogP contribution >= 0.6 is 39.1 Å². The van der Waals surface area contributed by atoms with Crippen LogP contribution in [0.2, 0.25) is 10.0 Å². The molecule has 6 aromatic heterocycles. The van der Waals surface area contributed by atoms with Crippen molar-refractivity contribution < 1.29 is 19.2 Å². The Labute approximate surface area is 387 Å². The molecule has 2 aliphatic heterocycles. The summed E-state index contributed by atoms with van der Waals surface area (Å²) in [4.78, 5) is 98.2. The Morgan fingerprint density at radius 3 is 1.65 bits per heavy atom. The Balaban J connectivity index is 0.000000148. The SMILES string of the molecule is CC1(c2ccccn2)NC(=O)c2c(Cl)cc(Br)c(=O)n21.CC1(c2ccccn2)NC(=O)c2c(Cl)cc(Nc3cc(NC(=O)C4CC4)ncn3)c(=O)n21.Nc1cc(NC(=O)C2CC2)ncn1. The fourth-order valence-corrected chi connectivity index (χ4v) is 8.15. The number of hydrogen-bond acceptors (Lipinski definition) is 14. The second kappa shape index (κ2) is 17.8. The van der Waals surface area contributed by atoms with E-state index >= 15 is 0 Å². The second-order valence-electron chi connectivity index (χ2n) is 15.5. The van der Waals surface area contributed by atoms with Crippen molar-refractivity contribution in [3.8, 4) is 0 Å². The zero-order valence-corrected chi connectivity index (χ0v) is 37.4. The van der Waals surface area contributed by atoms with Gasteiger partial charge in [-0.2, -0.15) is 0 Å². The number of aromatic nitrogens is 8. The third kappa shape index (κ3) is 9.15. The van der Waals surface area contributed by atoms with Gasteiger partial charge in [-0.25, -0.2) is 19.9 Å². The van der Waals surface area contributed by atoms with Crippen molar-refractivity contribution in [1.29, 1.82) is 0 Å². The highest BCUT2D eigenvalue weighted by molar-refractivity contribution is 9.10. The molecule has 4 amide bonds. The van der Waals surface area contributed by atoms with Gasteiger partial charge >= 0.3 is 0 Å². The van der Waals surface area contributed by atoms with E-state index in [1.165, 1.54) is 40.0 Å². The van der Waals surface area contributed by atoms with E-state index in [9.17, 15) is 28.8 Å². The van der Waals surface area contributed by atoms with Gasteiger partial charge in [0.15, 0.2) is 11.3 Å². The van der Waals surface area contributed by atoms with Crippen molar-refractivity contribution in [3.05, 3.63) is 144 Å². The predicted molar refractivity (Wildman–Crippen MR) is 242 cm³/mol. The van der Waals surface area contributed by atoms with E-state index in [0.29, 0.717) is 33.3 Å². The number of fused-ring (bicyclic) bond motifs is 2. The summed E-state index contributed by atoms with van der Waals surface area (Å²) in [6.45, 7) is 3.40. The number of nitrogens with zero attached hydrogens (tertiary/aromatic N) is 8. The first-order chi connectivity index (χ1) is 31.1. The van der Waals surface area contributed by atoms with Gasteiger partial charge in [-0.05, 0) is 91.9 Å². The van der Waals surface area contributed by atoms with Crippen LogP contribution in [-0.2, 0) is 20.9 Å². The van der Waals surface area contributed by atoms with Crippen LogP contribution in [0.25, 0.3) is 0 Å². The molecule has 8 heterocycles. The second-order valence-corrected chi connectivity index (χ2v) is 17.1. The molecule has 0 aromatic carbocycles. The maximum atomic E-state index is 13.4. The van der Waals surface area contributed by atoms with Crippen LogP contribution in [0.1, 0.15) is 71.9 Å². The smallest absolute Gasteiger partial charge is 0.277 e. The summed E-state index contributed by atoms with van der Waals surface area (Å²) in [7, 11) is 0. The van der Waals surface area contributed by atoms with Crippen molar-refractivity contribution >= 4 is 91.7 Å². The third-order valence-corrected chi connectivity index (χ3v) is 11.8. The van der Waals surface area contributed by atoms with Crippen molar-refractivity contribution in [2.24, 2.45) is 11.8 Å². The van der Waals surface area contributed by atoms with E-state index < -0.39 is 28.7 Å². The van der Waals surface area contributed by atoms with Gasteiger partial charge in [0.2, 0.25) is 11.8 Å². The van der Waals surface area contributed by atoms with Crippen LogP contribution in [0.5, 0.6) is 0 Å². The number of carbonyl (C=O) groups is 4.